The van der Waals surface area contributed by atoms with Crippen molar-refractivity contribution in [2.24, 2.45) is 0 Å². The highest BCUT2D eigenvalue weighted by atomic mass is 127. The number of diazo groups is 1. The van der Waals surface area contributed by atoms with Crippen LogP contribution < -0.4 is 10.1 Å². The highest BCUT2D eigenvalue weighted by Gasteiger charge is 2.51. The van der Waals surface area contributed by atoms with Gasteiger partial charge < -0.3 is 25.4 Å². The second-order valence-corrected chi connectivity index (χ2v) is 9.62. The van der Waals surface area contributed by atoms with E-state index in [-0.39, 0.29) is 12.2 Å². The molecule has 0 radical (unpaired) electrons. The molecule has 0 aliphatic heterocycles. The summed E-state index contributed by atoms with van der Waals surface area (Å²) in [6.07, 6.45) is -5.48. The zero-order chi connectivity index (χ0) is 24.2. The van der Waals surface area contributed by atoms with Crippen LogP contribution in [0.4, 0.5) is 13.2 Å². The lowest BCUT2D eigenvalue weighted by molar-refractivity contribution is -0.139. The molecule has 2 aromatic rings. The number of halogens is 6. The zero-order valence-electron chi connectivity index (χ0n) is 15.5. The number of hydrogen-bond acceptors (Lipinski definition) is 6. The quantitative estimate of drug-likeness (QED) is 0.161. The van der Waals surface area contributed by atoms with E-state index in [0.717, 1.165) is 0 Å². The van der Waals surface area contributed by atoms with Crippen LogP contribution in [0.15, 0.2) is 41.9 Å². The standard InChI is InChI=1S/C18H11F3I3N3O5/c19-18(20,21)15(27-25)16(29)26-12(17(30)31)5-7-3-10(23)14(11(24)4-7)32-8-1-2-13(28)9(22)6-8/h1-4,6,12,26H,5H2,(H2-,28,29,30,31)/p+1/b16-15-/t12-/m0/s1. The topological polar surface area (TPSA) is 127 Å². The predicted molar refractivity (Wildman–Crippen MR) is 132 cm³/mol. The van der Waals surface area contributed by atoms with Crippen LogP contribution in [0.1, 0.15) is 5.56 Å². The zero-order valence-corrected chi connectivity index (χ0v) is 22.0. The predicted octanol–water partition coefficient (Wildman–Crippen LogP) is 5.73. The van der Waals surface area contributed by atoms with Crippen molar-refractivity contribution < 1.29 is 38.0 Å². The molecule has 0 unspecified atom stereocenters. The molecule has 2 aromatic carbocycles. The lowest BCUT2D eigenvalue weighted by Crippen LogP contribution is -2.39. The van der Waals surface area contributed by atoms with E-state index in [9.17, 15) is 33.3 Å². The number of ether oxygens (including phenoxy) is 1. The summed E-state index contributed by atoms with van der Waals surface area (Å²) >= 11 is 5.87. The molecule has 0 aromatic heterocycles. The van der Waals surface area contributed by atoms with E-state index in [1.165, 1.54) is 6.07 Å². The first-order chi connectivity index (χ1) is 14.8. The van der Waals surface area contributed by atoms with Crippen LogP contribution in [0.3, 0.4) is 0 Å². The molecule has 0 aliphatic rings. The molecule has 8 nitrogen and oxygen atoms in total. The van der Waals surface area contributed by atoms with Crippen LogP contribution in [-0.4, -0.2) is 33.5 Å². The molecule has 0 fully saturated rings. The number of aromatic hydroxyl groups is 1. The fourth-order valence-corrected chi connectivity index (χ4v) is 5.01. The van der Waals surface area contributed by atoms with Gasteiger partial charge in [-0.1, -0.05) is 0 Å². The third-order valence-corrected chi connectivity index (χ3v) is 6.31. The van der Waals surface area contributed by atoms with Crippen molar-refractivity contribution in [3.8, 4) is 17.2 Å². The van der Waals surface area contributed by atoms with Crippen molar-refractivity contribution in [1.29, 1.82) is 5.39 Å². The van der Waals surface area contributed by atoms with E-state index in [1.54, 1.807) is 24.3 Å². The molecular formula is C18H12F3I3N3O5+. The fraction of sp³-hybridized carbons (Fsp3) is 0.167. The number of hydrogen-bond donors (Lipinski definition) is 4. The number of benzene rings is 2. The van der Waals surface area contributed by atoms with Crippen LogP contribution in [-0.2, 0) is 11.2 Å². The first kappa shape index (κ1) is 26.5. The van der Waals surface area contributed by atoms with Crippen molar-refractivity contribution in [1.82, 2.24) is 5.32 Å². The van der Waals surface area contributed by atoms with E-state index < -0.39 is 29.8 Å². The number of nitrogens with one attached hydrogen (secondary N) is 1. The lowest BCUT2D eigenvalue weighted by Gasteiger charge is -2.16. The summed E-state index contributed by atoms with van der Waals surface area (Å²) in [5.74, 6) is -2.11. The first-order valence-corrected chi connectivity index (χ1v) is 11.6. The van der Waals surface area contributed by atoms with Crippen LogP contribution >= 0.6 is 67.8 Å². The van der Waals surface area contributed by atoms with Crippen molar-refractivity contribution >= 4 is 73.7 Å². The summed E-state index contributed by atoms with van der Waals surface area (Å²) in [5.41, 5.74) is -1.60. The number of carbonyl (C=O) groups is 1. The minimum Gasteiger partial charge on any atom is -0.507 e. The summed E-state index contributed by atoms with van der Waals surface area (Å²) in [4.78, 5) is 13.5. The molecule has 2 rings (SSSR count). The molecule has 0 saturated heterocycles. The highest BCUT2D eigenvalue weighted by molar-refractivity contribution is 14.1. The molecule has 0 bridgehead atoms. The smallest absolute Gasteiger partial charge is 0.507 e. The Bertz CT molecular complexity index is 1100. The maximum atomic E-state index is 12.7. The average molecular weight is 788 g/mol. The summed E-state index contributed by atoms with van der Waals surface area (Å²) < 4.78 is 45.8. The van der Waals surface area contributed by atoms with Gasteiger partial charge in [0.1, 0.15) is 17.5 Å². The Kier molecular flexibility index (Phi) is 9.04. The Hall–Kier alpha value is -1.75. The molecule has 0 aliphatic carbocycles. The largest absolute Gasteiger partial charge is 0.523 e. The number of alkyl halides is 3. The molecule has 32 heavy (non-hydrogen) atoms. The number of aliphatic hydroxyl groups excluding tert-OH is 1. The number of phenols is 1. The number of carboxylic acids is 1. The third kappa shape index (κ3) is 6.87. The number of aliphatic carboxylic acids is 1. The molecule has 4 N–H and O–H groups in total. The second kappa shape index (κ2) is 10.9. The Balaban J connectivity index is 2.29. The van der Waals surface area contributed by atoms with Gasteiger partial charge in [-0.05, 0) is 104 Å². The number of nitrogens with zero attached hydrogens (tertiary/aromatic N) is 2. The Labute approximate surface area is 219 Å². The summed E-state index contributed by atoms with van der Waals surface area (Å²) in [7, 11) is 0. The summed E-state index contributed by atoms with van der Waals surface area (Å²) in [5, 5.41) is 38.9. The van der Waals surface area contributed by atoms with E-state index in [0.29, 0.717) is 27.8 Å². The average Bonchev–Trinajstić information content (AvgIpc) is 2.66. The molecule has 0 heterocycles. The van der Waals surface area contributed by atoms with Gasteiger partial charge in [0.05, 0.1) is 10.7 Å². The van der Waals surface area contributed by atoms with Crippen molar-refractivity contribution in [2.45, 2.75) is 18.6 Å². The van der Waals surface area contributed by atoms with Crippen molar-refractivity contribution in [2.75, 3.05) is 0 Å². The normalized spacial score (nSPS) is 13.0. The molecule has 1 atom stereocenters. The molecule has 0 saturated carbocycles. The lowest BCUT2D eigenvalue weighted by atomic mass is 10.1. The van der Waals surface area contributed by atoms with Crippen LogP contribution in [0.25, 0.3) is 4.98 Å². The minimum atomic E-state index is -5.19. The van der Waals surface area contributed by atoms with Crippen molar-refractivity contribution in [3.63, 3.8) is 0 Å². The first-order valence-electron chi connectivity index (χ1n) is 8.32. The van der Waals surface area contributed by atoms with E-state index >= 15 is 0 Å². The number of phenolic OH excluding ortho intramolecular Hbond substituents is 1. The van der Waals surface area contributed by atoms with Crippen LogP contribution in [0, 0.1) is 16.1 Å². The Morgan fingerprint density at radius 3 is 2.19 bits per heavy atom. The number of aliphatic hydroxyl groups is 1. The summed E-state index contributed by atoms with van der Waals surface area (Å²) in [6, 6.07) is 6.20. The molecule has 170 valence electrons. The van der Waals surface area contributed by atoms with Gasteiger partial charge in [0.15, 0.2) is 10.7 Å². The van der Waals surface area contributed by atoms with Crippen LogP contribution in [0.2, 0.25) is 0 Å². The Morgan fingerprint density at radius 2 is 1.72 bits per heavy atom. The Morgan fingerprint density at radius 1 is 1.12 bits per heavy atom. The van der Waals surface area contributed by atoms with E-state index in [1.807, 2.05) is 78.1 Å². The number of allylic oxidation sites excluding steroid dienone is 1. The van der Waals surface area contributed by atoms with E-state index in [4.69, 9.17) is 10.1 Å². The van der Waals surface area contributed by atoms with Gasteiger partial charge in [0, 0.05) is 6.42 Å². The van der Waals surface area contributed by atoms with Crippen molar-refractivity contribution in [3.05, 3.63) is 63.2 Å². The SMILES string of the molecule is N#[N+]/C(=C(\O)N[C@@H](Cc1cc(I)c(Oc2ccc(O)c(I)c2)c(I)c1)C(=O)O)C(F)(F)F. The second-order valence-electron chi connectivity index (χ2n) is 6.14. The third-order valence-electron chi connectivity index (χ3n) is 3.84. The maximum absolute atomic E-state index is 12.7. The maximum Gasteiger partial charge on any atom is 0.523 e. The van der Waals surface area contributed by atoms with Gasteiger partial charge in [-0.2, -0.15) is 13.2 Å². The number of carboxylic acid groups (broad SMARTS) is 1. The van der Waals surface area contributed by atoms with Gasteiger partial charge in [-0.3, -0.25) is 0 Å². The molecule has 0 spiro atoms. The van der Waals surface area contributed by atoms with Gasteiger partial charge in [0.2, 0.25) is 5.39 Å². The fourth-order valence-electron chi connectivity index (χ4n) is 2.40. The summed E-state index contributed by atoms with van der Waals surface area (Å²) in [6.45, 7) is 0. The molecule has 0 amide bonds. The highest BCUT2D eigenvalue weighted by Crippen LogP contribution is 2.35. The van der Waals surface area contributed by atoms with Gasteiger partial charge in [-0.15, -0.1) is 0 Å². The van der Waals surface area contributed by atoms with E-state index in [2.05, 4.69) is 0 Å². The van der Waals surface area contributed by atoms with Crippen LogP contribution in [0.5, 0.6) is 17.2 Å². The number of rotatable bonds is 7. The monoisotopic (exact) mass is 788 g/mol. The molecule has 14 heteroatoms. The van der Waals surface area contributed by atoms with Gasteiger partial charge in [0.25, 0.3) is 5.88 Å². The van der Waals surface area contributed by atoms with Gasteiger partial charge >= 0.3 is 17.8 Å². The molecular weight excluding hydrogens is 776 g/mol. The van der Waals surface area contributed by atoms with Gasteiger partial charge in [-0.25, -0.2) is 4.79 Å². The minimum absolute atomic E-state index is 0.102.